The highest BCUT2D eigenvalue weighted by Crippen LogP contribution is 2.39. The minimum absolute atomic E-state index is 0.136. The van der Waals surface area contributed by atoms with Crippen LogP contribution < -0.4 is 9.64 Å². The molecule has 3 atom stereocenters. The Balaban J connectivity index is 2.00. The number of anilines is 1. The second kappa shape index (κ2) is 11.2. The molecule has 0 aromatic heterocycles. The number of methoxy groups -OCH3 is 1. The second-order valence-corrected chi connectivity index (χ2v) is 9.63. The minimum atomic E-state index is -0.672. The van der Waals surface area contributed by atoms with Gasteiger partial charge >= 0.3 is 6.09 Å². The number of hydrogen-bond donors (Lipinski definition) is 0. The van der Waals surface area contributed by atoms with Crippen LogP contribution in [0.4, 0.5) is 10.5 Å². The van der Waals surface area contributed by atoms with Crippen molar-refractivity contribution in [3.05, 3.63) is 82.6 Å². The summed E-state index contributed by atoms with van der Waals surface area (Å²) in [6, 6.07) is 16.3. The first-order valence-electron chi connectivity index (χ1n) is 11.7. The second-order valence-electron chi connectivity index (χ2n) is 9.63. The Morgan fingerprint density at radius 1 is 1.09 bits per heavy atom. The number of carbonyl (C=O) groups is 1. The molecule has 0 bridgehead atoms. The van der Waals surface area contributed by atoms with Crippen molar-refractivity contribution in [1.82, 2.24) is 0 Å². The van der Waals surface area contributed by atoms with Crippen LogP contribution in [0.1, 0.15) is 57.9 Å². The van der Waals surface area contributed by atoms with Gasteiger partial charge in [-0.15, -0.1) is 0 Å². The van der Waals surface area contributed by atoms with Crippen LogP contribution >= 0.6 is 0 Å². The van der Waals surface area contributed by atoms with Crippen molar-refractivity contribution in [2.75, 3.05) is 12.0 Å². The molecule has 0 N–H and O–H groups in total. The van der Waals surface area contributed by atoms with E-state index in [1.54, 1.807) is 37.6 Å². The Morgan fingerprint density at radius 3 is 2.32 bits per heavy atom. The molecule has 182 valence electrons. The molecule has 0 radical (unpaired) electrons. The molecule has 1 amide bonds. The molecule has 2 aromatic rings. The molecule has 0 saturated heterocycles. The molecule has 3 rings (SSSR count). The van der Waals surface area contributed by atoms with Crippen LogP contribution in [0.5, 0.6) is 5.75 Å². The van der Waals surface area contributed by atoms with Gasteiger partial charge in [-0.1, -0.05) is 42.8 Å². The molecule has 0 spiro atoms. The summed E-state index contributed by atoms with van der Waals surface area (Å²) in [5, 5.41) is 11.9. The third-order valence-electron chi connectivity index (χ3n) is 6.08. The number of ether oxygens (including phenoxy) is 2. The van der Waals surface area contributed by atoms with Crippen molar-refractivity contribution in [2.24, 2.45) is 5.92 Å². The normalized spacial score (nSPS) is 19.4. The Hall–Kier alpha value is -3.35. The molecule has 34 heavy (non-hydrogen) atoms. The number of allylic oxidation sites excluding steroid dienone is 1. The summed E-state index contributed by atoms with van der Waals surface area (Å²) in [6.07, 6.45) is 6.25. The van der Waals surface area contributed by atoms with Gasteiger partial charge in [-0.3, -0.25) is 15.0 Å². The van der Waals surface area contributed by atoms with Crippen LogP contribution in [0.2, 0.25) is 0 Å². The maximum atomic E-state index is 13.1. The zero-order valence-corrected chi connectivity index (χ0v) is 20.3. The fourth-order valence-corrected chi connectivity index (χ4v) is 4.48. The molecule has 1 fully saturated rings. The average Bonchev–Trinajstić information content (AvgIpc) is 2.81. The largest absolute Gasteiger partial charge is 0.497 e. The lowest BCUT2D eigenvalue weighted by Crippen LogP contribution is -2.36. The van der Waals surface area contributed by atoms with Gasteiger partial charge < -0.3 is 9.47 Å². The van der Waals surface area contributed by atoms with Crippen LogP contribution in [0.15, 0.2) is 66.9 Å². The summed E-state index contributed by atoms with van der Waals surface area (Å²) in [6.45, 7) is 5.45. The van der Waals surface area contributed by atoms with Crippen LogP contribution in [0, 0.1) is 16.0 Å². The van der Waals surface area contributed by atoms with Crippen molar-refractivity contribution in [3.63, 3.8) is 0 Å². The first-order valence-corrected chi connectivity index (χ1v) is 11.7. The van der Waals surface area contributed by atoms with E-state index in [0.717, 1.165) is 24.8 Å². The highest BCUT2D eigenvalue weighted by atomic mass is 16.6. The first kappa shape index (κ1) is 25.3. The predicted molar refractivity (Wildman–Crippen MR) is 133 cm³/mol. The number of hydrogen-bond acceptors (Lipinski definition) is 5. The Kier molecular flexibility index (Phi) is 8.31. The summed E-state index contributed by atoms with van der Waals surface area (Å²) in [5.41, 5.74) is 0.943. The lowest BCUT2D eigenvalue weighted by molar-refractivity contribution is -0.536. The number of carbonyl (C=O) groups excluding carboxylic acids is 1. The van der Waals surface area contributed by atoms with Gasteiger partial charge in [-0.25, -0.2) is 4.79 Å². The van der Waals surface area contributed by atoms with E-state index in [9.17, 15) is 14.9 Å². The molecule has 1 saturated carbocycles. The van der Waals surface area contributed by atoms with Crippen LogP contribution in [0.3, 0.4) is 0 Å². The fraction of sp³-hybridized carbons (Fsp3) is 0.444. The van der Waals surface area contributed by atoms with Crippen LogP contribution in [-0.4, -0.2) is 29.8 Å². The highest BCUT2D eigenvalue weighted by Gasteiger charge is 2.39. The maximum absolute atomic E-state index is 13.1. The van der Waals surface area contributed by atoms with E-state index in [0.29, 0.717) is 17.9 Å². The zero-order valence-electron chi connectivity index (χ0n) is 20.3. The molecule has 2 aromatic carbocycles. The molecule has 7 heteroatoms. The third kappa shape index (κ3) is 6.59. The van der Waals surface area contributed by atoms with Gasteiger partial charge in [0.1, 0.15) is 11.4 Å². The van der Waals surface area contributed by atoms with Gasteiger partial charge in [0.25, 0.3) is 0 Å². The van der Waals surface area contributed by atoms with Crippen LogP contribution in [0.25, 0.3) is 0 Å². The highest BCUT2D eigenvalue weighted by molar-refractivity contribution is 5.90. The standard InChI is InChI=1S/C27H34N2O5/c1-27(2,3)34-26(30)28(21-14-16-22(33-4)17-15-21)19-18-23(20-10-6-5-7-11-20)24-12-8-9-13-25(24)29(31)32/h5-7,10-11,14-19,23-25H,8-9,12-13H2,1-4H3/b19-18+/t23-,24-,25-/m0/s1. The summed E-state index contributed by atoms with van der Waals surface area (Å²) in [5.74, 6) is 0.314. The van der Waals surface area contributed by atoms with E-state index in [4.69, 9.17) is 9.47 Å². The summed E-state index contributed by atoms with van der Waals surface area (Å²) in [4.78, 5) is 26.3. The van der Waals surface area contributed by atoms with Crippen molar-refractivity contribution in [2.45, 2.75) is 64.0 Å². The van der Waals surface area contributed by atoms with Crippen molar-refractivity contribution in [1.29, 1.82) is 0 Å². The van der Waals surface area contributed by atoms with Crippen molar-refractivity contribution < 1.29 is 19.2 Å². The molecule has 0 heterocycles. The van der Waals surface area contributed by atoms with E-state index in [1.165, 1.54) is 4.90 Å². The number of nitrogens with zero attached hydrogens (tertiary/aromatic N) is 2. The molecular weight excluding hydrogens is 432 g/mol. The number of amides is 1. The monoisotopic (exact) mass is 466 g/mol. The summed E-state index contributed by atoms with van der Waals surface area (Å²) < 4.78 is 10.9. The fourth-order valence-electron chi connectivity index (χ4n) is 4.48. The molecule has 1 aliphatic rings. The van der Waals surface area contributed by atoms with Gasteiger partial charge in [0, 0.05) is 29.4 Å². The van der Waals surface area contributed by atoms with Crippen molar-refractivity contribution in [3.8, 4) is 5.75 Å². The molecule has 0 unspecified atom stereocenters. The van der Waals surface area contributed by atoms with E-state index in [1.807, 2.05) is 57.2 Å². The SMILES string of the molecule is COc1ccc(N(/C=C/[C@@H](c2ccccc2)[C@@H]2CCCC[C@@H]2[N+](=O)[O-])C(=O)OC(C)(C)C)cc1. The Morgan fingerprint density at radius 2 is 1.74 bits per heavy atom. The number of rotatable bonds is 7. The summed E-state index contributed by atoms with van der Waals surface area (Å²) >= 11 is 0. The first-order chi connectivity index (χ1) is 16.2. The molecule has 7 nitrogen and oxygen atoms in total. The Labute approximate surface area is 201 Å². The van der Waals surface area contributed by atoms with Gasteiger partial charge in [-0.05, 0) is 63.4 Å². The molecule has 1 aliphatic carbocycles. The van der Waals surface area contributed by atoms with Crippen LogP contribution in [-0.2, 0) is 4.74 Å². The lowest BCUT2D eigenvalue weighted by atomic mass is 9.74. The minimum Gasteiger partial charge on any atom is -0.497 e. The molecule has 0 aliphatic heterocycles. The average molecular weight is 467 g/mol. The van der Waals surface area contributed by atoms with Gasteiger partial charge in [0.05, 0.1) is 12.8 Å². The van der Waals surface area contributed by atoms with E-state index in [2.05, 4.69) is 0 Å². The lowest BCUT2D eigenvalue weighted by Gasteiger charge is -2.31. The number of benzene rings is 2. The van der Waals surface area contributed by atoms with E-state index in [-0.39, 0.29) is 16.8 Å². The van der Waals surface area contributed by atoms with E-state index < -0.39 is 17.7 Å². The Bertz CT molecular complexity index is 982. The quantitative estimate of drug-likeness (QED) is 0.340. The van der Waals surface area contributed by atoms with Gasteiger partial charge in [0.15, 0.2) is 0 Å². The van der Waals surface area contributed by atoms with E-state index >= 15 is 0 Å². The topological polar surface area (TPSA) is 81.9 Å². The molecular formula is C27H34N2O5. The third-order valence-corrected chi connectivity index (χ3v) is 6.08. The smallest absolute Gasteiger partial charge is 0.418 e. The summed E-state index contributed by atoms with van der Waals surface area (Å²) in [7, 11) is 1.58. The number of nitro groups is 1. The zero-order chi connectivity index (χ0) is 24.7. The van der Waals surface area contributed by atoms with Gasteiger partial charge in [-0.2, -0.15) is 0 Å². The van der Waals surface area contributed by atoms with Crippen molar-refractivity contribution >= 4 is 11.8 Å². The maximum Gasteiger partial charge on any atom is 0.418 e. The predicted octanol–water partition coefficient (Wildman–Crippen LogP) is 6.57. The van der Waals surface area contributed by atoms with Gasteiger partial charge in [0.2, 0.25) is 6.04 Å².